The van der Waals surface area contributed by atoms with Crippen LogP contribution in [0.15, 0.2) is 18.2 Å². The number of hydrogen-bond acceptors (Lipinski definition) is 2. The van der Waals surface area contributed by atoms with E-state index < -0.39 is 0 Å². The van der Waals surface area contributed by atoms with Crippen molar-refractivity contribution in [1.82, 2.24) is 0 Å². The van der Waals surface area contributed by atoms with Crippen molar-refractivity contribution in [3.8, 4) is 5.75 Å². The summed E-state index contributed by atoms with van der Waals surface area (Å²) in [6, 6.07) is 5.86. The number of unbranched alkanes of at least 4 members (excludes halogenated alkanes) is 5. The van der Waals surface area contributed by atoms with Crippen molar-refractivity contribution in [2.45, 2.75) is 52.4 Å². The van der Waals surface area contributed by atoms with Gasteiger partial charge in [0.1, 0.15) is 5.75 Å². The maximum absolute atomic E-state index is 5.76. The number of nitrogen functional groups attached to an aromatic ring is 1. The summed E-state index contributed by atoms with van der Waals surface area (Å²) < 4.78 is 5.69. The molecule has 0 atom stereocenters. The molecule has 2 heteroatoms. The highest BCUT2D eigenvalue weighted by Gasteiger charge is 1.97. The molecule has 0 fully saturated rings. The minimum atomic E-state index is 0.815. The lowest BCUT2D eigenvalue weighted by atomic mass is 10.1. The van der Waals surface area contributed by atoms with Gasteiger partial charge in [0.05, 0.1) is 6.61 Å². The van der Waals surface area contributed by atoms with Gasteiger partial charge in [-0.1, -0.05) is 39.0 Å². The first-order valence-electron chi connectivity index (χ1n) is 6.73. The zero-order chi connectivity index (χ0) is 12.5. The number of nitrogens with two attached hydrogens (primary N) is 1. The molecule has 0 spiro atoms. The summed E-state index contributed by atoms with van der Waals surface area (Å²) in [6.45, 7) is 5.06. The lowest BCUT2D eigenvalue weighted by molar-refractivity contribution is 0.304. The van der Waals surface area contributed by atoms with Gasteiger partial charge in [-0.2, -0.15) is 0 Å². The molecule has 0 aliphatic heterocycles. The third kappa shape index (κ3) is 5.62. The van der Waals surface area contributed by atoms with Crippen molar-refractivity contribution < 1.29 is 4.74 Å². The van der Waals surface area contributed by atoms with Crippen molar-refractivity contribution in [3.05, 3.63) is 23.8 Å². The third-order valence-electron chi connectivity index (χ3n) is 3.01. The molecule has 0 saturated heterocycles. The quantitative estimate of drug-likeness (QED) is 0.538. The SMILES string of the molecule is CCCCCCCCOc1ccc(N)c(C)c1. The van der Waals surface area contributed by atoms with E-state index in [1.54, 1.807) is 0 Å². The molecule has 2 nitrogen and oxygen atoms in total. The highest BCUT2D eigenvalue weighted by Crippen LogP contribution is 2.18. The molecule has 96 valence electrons. The molecule has 2 N–H and O–H groups in total. The highest BCUT2D eigenvalue weighted by atomic mass is 16.5. The minimum Gasteiger partial charge on any atom is -0.494 e. The molecule has 0 aliphatic carbocycles. The summed E-state index contributed by atoms with van der Waals surface area (Å²) in [6.07, 6.45) is 7.77. The van der Waals surface area contributed by atoms with Gasteiger partial charge in [0.15, 0.2) is 0 Å². The number of hydrogen-bond donors (Lipinski definition) is 1. The zero-order valence-corrected chi connectivity index (χ0v) is 11.2. The number of benzene rings is 1. The lowest BCUT2D eigenvalue weighted by Crippen LogP contribution is -1.98. The third-order valence-corrected chi connectivity index (χ3v) is 3.01. The Balaban J connectivity index is 2.11. The Morgan fingerprint density at radius 1 is 1.06 bits per heavy atom. The van der Waals surface area contributed by atoms with E-state index in [0.29, 0.717) is 0 Å². The van der Waals surface area contributed by atoms with E-state index in [4.69, 9.17) is 10.5 Å². The molecule has 1 aromatic carbocycles. The van der Waals surface area contributed by atoms with Crippen LogP contribution in [-0.4, -0.2) is 6.61 Å². The molecular weight excluding hydrogens is 210 g/mol. The van der Waals surface area contributed by atoms with Crippen molar-refractivity contribution >= 4 is 5.69 Å². The molecule has 0 saturated carbocycles. The molecule has 0 bridgehead atoms. The summed E-state index contributed by atoms with van der Waals surface area (Å²) in [5, 5.41) is 0. The Labute approximate surface area is 105 Å². The Morgan fingerprint density at radius 2 is 1.76 bits per heavy atom. The standard InChI is InChI=1S/C15H25NO/c1-3-4-5-6-7-8-11-17-14-9-10-15(16)13(2)12-14/h9-10,12H,3-8,11,16H2,1-2H3. The van der Waals surface area contributed by atoms with E-state index >= 15 is 0 Å². The van der Waals surface area contributed by atoms with Crippen LogP contribution in [0.1, 0.15) is 51.0 Å². The molecule has 17 heavy (non-hydrogen) atoms. The monoisotopic (exact) mass is 235 g/mol. The van der Waals surface area contributed by atoms with Gasteiger partial charge in [0, 0.05) is 5.69 Å². The molecule has 0 amide bonds. The Morgan fingerprint density at radius 3 is 2.47 bits per heavy atom. The van der Waals surface area contributed by atoms with E-state index in [-0.39, 0.29) is 0 Å². The van der Waals surface area contributed by atoms with Crippen LogP contribution in [0.4, 0.5) is 5.69 Å². The van der Waals surface area contributed by atoms with Crippen LogP contribution in [0.3, 0.4) is 0 Å². The summed E-state index contributed by atoms with van der Waals surface area (Å²) in [7, 11) is 0. The average molecular weight is 235 g/mol. The van der Waals surface area contributed by atoms with Gasteiger partial charge >= 0.3 is 0 Å². The van der Waals surface area contributed by atoms with E-state index in [0.717, 1.165) is 30.0 Å². The van der Waals surface area contributed by atoms with E-state index in [1.165, 1.54) is 32.1 Å². The summed E-state index contributed by atoms with van der Waals surface area (Å²) in [5.74, 6) is 0.935. The largest absolute Gasteiger partial charge is 0.494 e. The second-order valence-electron chi connectivity index (χ2n) is 4.63. The highest BCUT2D eigenvalue weighted by molar-refractivity contribution is 5.49. The van der Waals surface area contributed by atoms with Crippen molar-refractivity contribution in [2.75, 3.05) is 12.3 Å². The molecule has 0 aliphatic rings. The van der Waals surface area contributed by atoms with Crippen LogP contribution >= 0.6 is 0 Å². The smallest absolute Gasteiger partial charge is 0.119 e. The normalized spacial score (nSPS) is 10.5. The van der Waals surface area contributed by atoms with E-state index in [1.807, 2.05) is 25.1 Å². The summed E-state index contributed by atoms with van der Waals surface area (Å²) in [5.41, 5.74) is 7.67. The van der Waals surface area contributed by atoms with Crippen LogP contribution in [0.25, 0.3) is 0 Å². The Bertz CT molecular complexity index is 323. The van der Waals surface area contributed by atoms with Crippen LogP contribution in [0, 0.1) is 6.92 Å². The molecule has 0 unspecified atom stereocenters. The lowest BCUT2D eigenvalue weighted by Gasteiger charge is -2.08. The first kappa shape index (κ1) is 13.9. The Hall–Kier alpha value is -1.18. The fourth-order valence-electron chi connectivity index (χ4n) is 1.81. The minimum absolute atomic E-state index is 0.815. The number of ether oxygens (including phenoxy) is 1. The van der Waals surface area contributed by atoms with Crippen LogP contribution in [0.2, 0.25) is 0 Å². The van der Waals surface area contributed by atoms with Crippen molar-refractivity contribution in [1.29, 1.82) is 0 Å². The average Bonchev–Trinajstić information content (AvgIpc) is 2.32. The van der Waals surface area contributed by atoms with Crippen molar-refractivity contribution in [3.63, 3.8) is 0 Å². The molecule has 0 radical (unpaired) electrons. The first-order chi connectivity index (χ1) is 8.24. The Kier molecular flexibility index (Phi) is 6.53. The van der Waals surface area contributed by atoms with Gasteiger partial charge in [-0.3, -0.25) is 0 Å². The molecule has 0 aromatic heterocycles. The van der Waals surface area contributed by atoms with Gasteiger partial charge in [-0.15, -0.1) is 0 Å². The van der Waals surface area contributed by atoms with Crippen LogP contribution in [0.5, 0.6) is 5.75 Å². The van der Waals surface area contributed by atoms with E-state index in [2.05, 4.69) is 6.92 Å². The molecule has 1 rings (SSSR count). The maximum atomic E-state index is 5.76. The fraction of sp³-hybridized carbons (Fsp3) is 0.600. The summed E-state index contributed by atoms with van der Waals surface area (Å²) in [4.78, 5) is 0. The van der Waals surface area contributed by atoms with Crippen molar-refractivity contribution in [2.24, 2.45) is 0 Å². The second kappa shape index (κ2) is 7.99. The second-order valence-corrected chi connectivity index (χ2v) is 4.63. The molecule has 1 aromatic rings. The predicted molar refractivity (Wildman–Crippen MR) is 74.5 cm³/mol. The number of rotatable bonds is 8. The van der Waals surface area contributed by atoms with Gasteiger partial charge in [0.2, 0.25) is 0 Å². The van der Waals surface area contributed by atoms with Gasteiger partial charge in [0.25, 0.3) is 0 Å². The van der Waals surface area contributed by atoms with Crippen LogP contribution in [-0.2, 0) is 0 Å². The van der Waals surface area contributed by atoms with Gasteiger partial charge < -0.3 is 10.5 Å². The fourth-order valence-corrected chi connectivity index (χ4v) is 1.81. The summed E-state index contributed by atoms with van der Waals surface area (Å²) >= 11 is 0. The van der Waals surface area contributed by atoms with E-state index in [9.17, 15) is 0 Å². The predicted octanol–water partition coefficient (Wildman–Crippen LogP) is 4.32. The topological polar surface area (TPSA) is 35.2 Å². The maximum Gasteiger partial charge on any atom is 0.119 e. The first-order valence-corrected chi connectivity index (χ1v) is 6.73. The molecule has 0 heterocycles. The van der Waals surface area contributed by atoms with Gasteiger partial charge in [-0.25, -0.2) is 0 Å². The zero-order valence-electron chi connectivity index (χ0n) is 11.2. The number of aryl methyl sites for hydroxylation is 1. The molecular formula is C15H25NO. The number of anilines is 1. The van der Waals surface area contributed by atoms with Gasteiger partial charge in [-0.05, 0) is 37.1 Å². The van der Waals surface area contributed by atoms with Crippen LogP contribution < -0.4 is 10.5 Å².